The molecule has 0 saturated heterocycles. The number of methoxy groups -OCH3 is 1. The predicted octanol–water partition coefficient (Wildman–Crippen LogP) is 6.02. The molecule has 4 rings (SSSR count). The number of benzene rings is 1. The number of allylic oxidation sites excluding steroid dienone is 1. The van der Waals surface area contributed by atoms with E-state index in [0.29, 0.717) is 31.5 Å². The molecule has 8 heteroatoms. The van der Waals surface area contributed by atoms with Crippen molar-refractivity contribution in [3.63, 3.8) is 0 Å². The van der Waals surface area contributed by atoms with Gasteiger partial charge in [-0.25, -0.2) is 4.98 Å². The molecule has 0 fully saturated rings. The van der Waals surface area contributed by atoms with Gasteiger partial charge in [0.05, 0.1) is 19.2 Å². The number of fused-ring (bicyclic) bond motifs is 1. The molecule has 1 unspecified atom stereocenters. The molecule has 0 saturated carbocycles. The average molecular weight is 505 g/mol. The molecule has 0 aliphatic rings. The van der Waals surface area contributed by atoms with E-state index in [0.717, 1.165) is 33.3 Å². The third-order valence-electron chi connectivity index (χ3n) is 5.80. The standard InChI is InChI=1S/C28H28N2O5S/c1-4-20(12-28(31)32)21-6-8-27(30-14-21)35-16-19-5-7-26-24(11-19)25(17-36-26)23-13-22(15-29-18(23)2)34-10-9-33-3/h4-8,11,13-15,17,20H,1,9-10,12,16H2,2-3H3,(H,31,32). The molecule has 0 bridgehead atoms. The Morgan fingerprint density at radius 1 is 1.11 bits per heavy atom. The average Bonchev–Trinajstić information content (AvgIpc) is 3.30. The Hall–Kier alpha value is -3.75. The van der Waals surface area contributed by atoms with Crippen LogP contribution >= 0.6 is 11.3 Å². The van der Waals surface area contributed by atoms with Crippen molar-refractivity contribution in [3.8, 4) is 22.8 Å². The van der Waals surface area contributed by atoms with E-state index in [4.69, 9.17) is 19.3 Å². The predicted molar refractivity (Wildman–Crippen MR) is 141 cm³/mol. The number of pyridine rings is 2. The van der Waals surface area contributed by atoms with Gasteiger partial charge in [-0.3, -0.25) is 9.78 Å². The number of nitrogens with zero attached hydrogens (tertiary/aromatic N) is 2. The fourth-order valence-electron chi connectivity index (χ4n) is 3.86. The van der Waals surface area contributed by atoms with Crippen LogP contribution in [0.15, 0.2) is 66.8 Å². The lowest BCUT2D eigenvalue weighted by molar-refractivity contribution is -0.137. The lowest BCUT2D eigenvalue weighted by atomic mass is 9.98. The highest BCUT2D eigenvalue weighted by Crippen LogP contribution is 2.37. The molecule has 0 amide bonds. The van der Waals surface area contributed by atoms with Gasteiger partial charge in [-0.2, -0.15) is 0 Å². The second-order valence-corrected chi connectivity index (χ2v) is 9.19. The minimum atomic E-state index is -0.875. The van der Waals surface area contributed by atoms with E-state index in [9.17, 15) is 4.79 Å². The Morgan fingerprint density at radius 3 is 2.69 bits per heavy atom. The summed E-state index contributed by atoms with van der Waals surface area (Å²) in [6.45, 7) is 7.06. The van der Waals surface area contributed by atoms with Gasteiger partial charge in [-0.05, 0) is 41.6 Å². The van der Waals surface area contributed by atoms with Gasteiger partial charge in [0.2, 0.25) is 5.88 Å². The van der Waals surface area contributed by atoms with Crippen molar-refractivity contribution in [2.45, 2.75) is 25.9 Å². The van der Waals surface area contributed by atoms with Gasteiger partial charge < -0.3 is 19.3 Å². The molecule has 1 N–H and O–H groups in total. The third kappa shape index (κ3) is 6.08. The van der Waals surface area contributed by atoms with Crippen molar-refractivity contribution < 1.29 is 24.1 Å². The SMILES string of the molecule is C=CC(CC(=O)O)c1ccc(OCc2ccc3scc(-c4cc(OCCOC)cnc4C)c3c2)nc1. The summed E-state index contributed by atoms with van der Waals surface area (Å²) in [5, 5.41) is 12.3. The minimum Gasteiger partial charge on any atom is -0.490 e. The van der Waals surface area contributed by atoms with E-state index in [1.165, 1.54) is 4.70 Å². The van der Waals surface area contributed by atoms with Crippen LogP contribution in [0.1, 0.15) is 29.2 Å². The number of thiophene rings is 1. The molecule has 36 heavy (non-hydrogen) atoms. The van der Waals surface area contributed by atoms with Crippen molar-refractivity contribution in [3.05, 3.63) is 83.6 Å². The highest BCUT2D eigenvalue weighted by atomic mass is 32.1. The molecular weight excluding hydrogens is 476 g/mol. The molecule has 3 aromatic heterocycles. The molecule has 3 heterocycles. The van der Waals surface area contributed by atoms with Gasteiger partial charge in [0.15, 0.2) is 0 Å². The summed E-state index contributed by atoms with van der Waals surface area (Å²) in [6.07, 6.45) is 4.98. The largest absolute Gasteiger partial charge is 0.490 e. The number of carboxylic acids is 1. The molecule has 7 nitrogen and oxygen atoms in total. The number of ether oxygens (including phenoxy) is 3. The van der Waals surface area contributed by atoms with Gasteiger partial charge in [0.1, 0.15) is 19.0 Å². The zero-order valence-corrected chi connectivity index (χ0v) is 21.1. The second kappa shape index (κ2) is 11.8. The maximum absolute atomic E-state index is 11.0. The first-order valence-corrected chi connectivity index (χ1v) is 12.4. The van der Waals surface area contributed by atoms with E-state index in [-0.39, 0.29) is 12.3 Å². The van der Waals surface area contributed by atoms with Crippen molar-refractivity contribution in [1.29, 1.82) is 0 Å². The van der Waals surface area contributed by atoms with Crippen LogP contribution in [0.4, 0.5) is 0 Å². The van der Waals surface area contributed by atoms with Crippen molar-refractivity contribution in [2.24, 2.45) is 0 Å². The number of aliphatic carboxylic acids is 1. The molecule has 0 spiro atoms. The third-order valence-corrected chi connectivity index (χ3v) is 6.76. The Kier molecular flexibility index (Phi) is 8.30. The first kappa shape index (κ1) is 25.3. The molecule has 1 atom stereocenters. The number of carboxylic acid groups (broad SMARTS) is 1. The summed E-state index contributed by atoms with van der Waals surface area (Å²) in [5.41, 5.74) is 4.88. The van der Waals surface area contributed by atoms with Crippen molar-refractivity contribution in [1.82, 2.24) is 9.97 Å². The van der Waals surface area contributed by atoms with E-state index in [2.05, 4.69) is 34.1 Å². The van der Waals surface area contributed by atoms with Crippen LogP contribution in [0.2, 0.25) is 0 Å². The van der Waals surface area contributed by atoms with Gasteiger partial charge in [0, 0.05) is 52.2 Å². The molecule has 0 aliphatic carbocycles. The smallest absolute Gasteiger partial charge is 0.304 e. The van der Waals surface area contributed by atoms with Gasteiger partial charge >= 0.3 is 5.97 Å². The lowest BCUT2D eigenvalue weighted by Gasteiger charge is -2.11. The maximum Gasteiger partial charge on any atom is 0.304 e. The molecule has 4 aromatic rings. The van der Waals surface area contributed by atoms with E-state index in [1.54, 1.807) is 43.0 Å². The summed E-state index contributed by atoms with van der Waals surface area (Å²) < 4.78 is 17.9. The minimum absolute atomic E-state index is 0.0223. The zero-order chi connectivity index (χ0) is 25.5. The van der Waals surface area contributed by atoms with Crippen molar-refractivity contribution >= 4 is 27.4 Å². The zero-order valence-electron chi connectivity index (χ0n) is 20.3. The van der Waals surface area contributed by atoms with Crippen LogP contribution < -0.4 is 9.47 Å². The number of rotatable bonds is 12. The van der Waals surface area contributed by atoms with Crippen LogP contribution in [-0.2, 0) is 16.1 Å². The molecule has 0 radical (unpaired) electrons. The number of hydrogen-bond acceptors (Lipinski definition) is 7. The summed E-state index contributed by atoms with van der Waals surface area (Å²) in [6, 6.07) is 11.9. The topological polar surface area (TPSA) is 90.8 Å². The molecule has 0 aliphatic heterocycles. The summed E-state index contributed by atoms with van der Waals surface area (Å²) in [5.74, 6) is 0.0246. The number of hydrogen-bond donors (Lipinski definition) is 1. The van der Waals surface area contributed by atoms with Crippen LogP contribution in [0.3, 0.4) is 0 Å². The fourth-order valence-corrected chi connectivity index (χ4v) is 4.80. The van der Waals surface area contributed by atoms with E-state index >= 15 is 0 Å². The van der Waals surface area contributed by atoms with Crippen LogP contribution in [0.5, 0.6) is 11.6 Å². The highest BCUT2D eigenvalue weighted by Gasteiger charge is 2.14. The van der Waals surface area contributed by atoms with Crippen LogP contribution in [0.25, 0.3) is 21.2 Å². The molecular formula is C28H28N2O5S. The van der Waals surface area contributed by atoms with E-state index < -0.39 is 5.97 Å². The van der Waals surface area contributed by atoms with Crippen LogP contribution in [0, 0.1) is 6.92 Å². The Morgan fingerprint density at radius 2 is 1.97 bits per heavy atom. The van der Waals surface area contributed by atoms with Gasteiger partial charge in [-0.15, -0.1) is 17.9 Å². The first-order valence-electron chi connectivity index (χ1n) is 11.5. The maximum atomic E-state index is 11.0. The Bertz CT molecular complexity index is 1350. The quantitative estimate of drug-likeness (QED) is 0.186. The lowest BCUT2D eigenvalue weighted by Crippen LogP contribution is -2.05. The van der Waals surface area contributed by atoms with Crippen LogP contribution in [-0.4, -0.2) is 41.4 Å². The molecule has 186 valence electrons. The van der Waals surface area contributed by atoms with E-state index in [1.807, 2.05) is 25.1 Å². The summed E-state index contributed by atoms with van der Waals surface area (Å²) in [7, 11) is 1.65. The number of carbonyl (C=O) groups is 1. The normalized spacial score (nSPS) is 11.8. The Labute approximate surface area is 214 Å². The monoisotopic (exact) mass is 504 g/mol. The summed E-state index contributed by atoms with van der Waals surface area (Å²) >= 11 is 1.69. The Balaban J connectivity index is 1.50. The fraction of sp³-hybridized carbons (Fsp3) is 0.250. The molecule has 1 aromatic carbocycles. The highest BCUT2D eigenvalue weighted by molar-refractivity contribution is 7.17. The van der Waals surface area contributed by atoms with Gasteiger partial charge in [-0.1, -0.05) is 18.2 Å². The van der Waals surface area contributed by atoms with Gasteiger partial charge in [0.25, 0.3) is 0 Å². The first-order chi connectivity index (χ1) is 17.5. The number of aromatic nitrogens is 2. The summed E-state index contributed by atoms with van der Waals surface area (Å²) in [4.78, 5) is 19.9. The second-order valence-electron chi connectivity index (χ2n) is 8.28. The number of aryl methyl sites for hydroxylation is 1. The van der Waals surface area contributed by atoms with Crippen molar-refractivity contribution in [2.75, 3.05) is 20.3 Å².